The normalized spacial score (nSPS) is 16.3. The van der Waals surface area contributed by atoms with Crippen molar-refractivity contribution in [3.8, 4) is 5.75 Å². The van der Waals surface area contributed by atoms with Gasteiger partial charge in [-0.25, -0.2) is 0 Å². The fourth-order valence-corrected chi connectivity index (χ4v) is 3.73. The van der Waals surface area contributed by atoms with E-state index in [1.54, 1.807) is 13.2 Å². The Morgan fingerprint density at radius 2 is 1.90 bits per heavy atom. The smallest absolute Gasteiger partial charge is 0.234 e. The highest BCUT2D eigenvalue weighted by molar-refractivity contribution is 6.30. The number of methoxy groups -OCH3 is 1. The van der Waals surface area contributed by atoms with E-state index < -0.39 is 0 Å². The van der Waals surface area contributed by atoms with Crippen LogP contribution < -0.4 is 10.1 Å². The molecule has 0 radical (unpaired) electrons. The van der Waals surface area contributed by atoms with Crippen LogP contribution in [0.15, 0.2) is 54.6 Å². The van der Waals surface area contributed by atoms with Gasteiger partial charge in [0.15, 0.2) is 0 Å². The van der Waals surface area contributed by atoms with Crippen LogP contribution in [-0.4, -0.2) is 56.3 Å². The number of rotatable bonds is 9. The summed E-state index contributed by atoms with van der Waals surface area (Å²) in [5.41, 5.74) is 0.901. The van der Waals surface area contributed by atoms with Crippen LogP contribution in [0.3, 0.4) is 0 Å². The van der Waals surface area contributed by atoms with Crippen LogP contribution in [-0.2, 0) is 16.0 Å². The highest BCUT2D eigenvalue weighted by Crippen LogP contribution is 2.27. The van der Waals surface area contributed by atoms with Gasteiger partial charge in [0, 0.05) is 31.8 Å². The van der Waals surface area contributed by atoms with Crippen molar-refractivity contribution in [2.45, 2.75) is 24.9 Å². The summed E-state index contributed by atoms with van der Waals surface area (Å²) in [5.74, 6) is 0.815. The fourth-order valence-electron chi connectivity index (χ4n) is 3.55. The number of carbonyl (C=O) groups is 1. The lowest BCUT2D eigenvalue weighted by atomic mass is 9.92. The SMILES string of the molecule is COC1(COc2cccc(Cl)c2)CCN(CC(=O)NCCc2ccccc2)CC1. The summed E-state index contributed by atoms with van der Waals surface area (Å²) in [5, 5.41) is 3.67. The zero-order valence-corrected chi connectivity index (χ0v) is 17.7. The highest BCUT2D eigenvalue weighted by atomic mass is 35.5. The Bertz CT molecular complexity index is 777. The van der Waals surface area contributed by atoms with E-state index in [1.807, 2.05) is 36.4 Å². The van der Waals surface area contributed by atoms with Gasteiger partial charge in [0.25, 0.3) is 0 Å². The average molecular weight is 417 g/mol. The Morgan fingerprint density at radius 1 is 1.14 bits per heavy atom. The summed E-state index contributed by atoms with van der Waals surface area (Å²) in [4.78, 5) is 14.4. The molecule has 0 aromatic heterocycles. The molecule has 0 bridgehead atoms. The molecule has 3 rings (SSSR count). The van der Waals surface area contributed by atoms with E-state index in [1.165, 1.54) is 5.56 Å². The molecule has 1 heterocycles. The number of piperidine rings is 1. The van der Waals surface area contributed by atoms with Gasteiger partial charge >= 0.3 is 0 Å². The molecule has 1 saturated heterocycles. The van der Waals surface area contributed by atoms with Crippen molar-refractivity contribution in [2.24, 2.45) is 0 Å². The van der Waals surface area contributed by atoms with Crippen LogP contribution in [0, 0.1) is 0 Å². The van der Waals surface area contributed by atoms with Crippen LogP contribution in [0.5, 0.6) is 5.75 Å². The number of hydrogen-bond acceptors (Lipinski definition) is 4. The first-order valence-electron chi connectivity index (χ1n) is 10.1. The summed E-state index contributed by atoms with van der Waals surface area (Å²) in [6.45, 7) is 3.16. The molecule has 29 heavy (non-hydrogen) atoms. The molecule has 0 unspecified atom stereocenters. The number of likely N-dealkylation sites (tertiary alicyclic amines) is 1. The fraction of sp³-hybridized carbons (Fsp3) is 0.435. The van der Waals surface area contributed by atoms with Gasteiger partial charge in [-0.05, 0) is 43.0 Å². The number of amides is 1. The molecular weight excluding hydrogens is 388 g/mol. The third-order valence-electron chi connectivity index (χ3n) is 5.44. The molecular formula is C23H29ClN2O3. The van der Waals surface area contributed by atoms with Crippen molar-refractivity contribution >= 4 is 17.5 Å². The van der Waals surface area contributed by atoms with Gasteiger partial charge in [-0.2, -0.15) is 0 Å². The van der Waals surface area contributed by atoms with E-state index in [9.17, 15) is 4.79 Å². The molecule has 6 heteroatoms. The van der Waals surface area contributed by atoms with Gasteiger partial charge in [0.1, 0.15) is 18.0 Å². The van der Waals surface area contributed by atoms with E-state index >= 15 is 0 Å². The highest BCUT2D eigenvalue weighted by Gasteiger charge is 2.36. The van der Waals surface area contributed by atoms with Gasteiger partial charge in [-0.1, -0.05) is 48.0 Å². The average Bonchev–Trinajstić information content (AvgIpc) is 2.74. The predicted octanol–water partition coefficient (Wildman–Crippen LogP) is 3.56. The van der Waals surface area contributed by atoms with Crippen LogP contribution >= 0.6 is 11.6 Å². The molecule has 1 aliphatic rings. The Balaban J connectivity index is 1.39. The van der Waals surface area contributed by atoms with Crippen LogP contribution in [0.4, 0.5) is 0 Å². The summed E-state index contributed by atoms with van der Waals surface area (Å²) in [7, 11) is 1.73. The number of nitrogens with zero attached hydrogens (tertiary/aromatic N) is 1. The molecule has 0 saturated carbocycles. The first-order valence-corrected chi connectivity index (χ1v) is 10.4. The molecule has 5 nitrogen and oxygen atoms in total. The third-order valence-corrected chi connectivity index (χ3v) is 5.68. The third kappa shape index (κ3) is 6.74. The number of carbonyl (C=O) groups excluding carboxylic acids is 1. The van der Waals surface area contributed by atoms with E-state index in [2.05, 4.69) is 22.3 Å². The van der Waals surface area contributed by atoms with Crippen molar-refractivity contribution in [1.29, 1.82) is 0 Å². The lowest BCUT2D eigenvalue weighted by molar-refractivity contribution is -0.124. The number of nitrogens with one attached hydrogen (secondary N) is 1. The minimum atomic E-state index is -0.331. The number of benzene rings is 2. The van der Waals surface area contributed by atoms with Gasteiger partial charge in [0.05, 0.1) is 6.54 Å². The monoisotopic (exact) mass is 416 g/mol. The molecule has 1 fully saturated rings. The Hall–Kier alpha value is -2.08. The second kappa shape index (κ2) is 10.6. The van der Waals surface area contributed by atoms with Crippen molar-refractivity contribution in [2.75, 3.05) is 39.9 Å². The quantitative estimate of drug-likeness (QED) is 0.679. The van der Waals surface area contributed by atoms with E-state index in [0.717, 1.165) is 38.1 Å². The molecule has 2 aromatic rings. The lowest BCUT2D eigenvalue weighted by Gasteiger charge is -2.40. The predicted molar refractivity (Wildman–Crippen MR) is 116 cm³/mol. The molecule has 156 valence electrons. The molecule has 0 spiro atoms. The van der Waals surface area contributed by atoms with Gasteiger partial charge in [0.2, 0.25) is 5.91 Å². The largest absolute Gasteiger partial charge is 0.491 e. The Labute approximate surface area is 177 Å². The van der Waals surface area contributed by atoms with Crippen molar-refractivity contribution < 1.29 is 14.3 Å². The molecule has 1 amide bonds. The molecule has 0 atom stereocenters. The summed E-state index contributed by atoms with van der Waals surface area (Å²) in [6.07, 6.45) is 2.49. The maximum atomic E-state index is 12.3. The summed E-state index contributed by atoms with van der Waals surface area (Å²) in [6, 6.07) is 17.6. The molecule has 0 aliphatic carbocycles. The van der Waals surface area contributed by atoms with E-state index in [4.69, 9.17) is 21.1 Å². The summed E-state index contributed by atoms with van der Waals surface area (Å²) >= 11 is 6.02. The molecule has 2 aromatic carbocycles. The van der Waals surface area contributed by atoms with Crippen LogP contribution in [0.1, 0.15) is 18.4 Å². The van der Waals surface area contributed by atoms with E-state index in [0.29, 0.717) is 24.7 Å². The minimum absolute atomic E-state index is 0.0704. The topological polar surface area (TPSA) is 50.8 Å². The number of halogens is 1. The van der Waals surface area contributed by atoms with Crippen LogP contribution in [0.2, 0.25) is 5.02 Å². The summed E-state index contributed by atoms with van der Waals surface area (Å²) < 4.78 is 11.7. The van der Waals surface area contributed by atoms with Crippen LogP contribution in [0.25, 0.3) is 0 Å². The zero-order valence-electron chi connectivity index (χ0n) is 16.9. The first kappa shape index (κ1) is 21.6. The maximum Gasteiger partial charge on any atom is 0.234 e. The standard InChI is InChI=1S/C23H29ClN2O3/c1-28-23(18-29-21-9-5-8-20(24)16-21)11-14-26(15-12-23)17-22(27)25-13-10-19-6-3-2-4-7-19/h2-9,16H,10-15,17-18H2,1H3,(H,25,27). The number of ether oxygens (including phenoxy) is 2. The van der Waals surface area contributed by atoms with Crippen molar-refractivity contribution in [3.63, 3.8) is 0 Å². The van der Waals surface area contributed by atoms with Crippen molar-refractivity contribution in [3.05, 3.63) is 65.2 Å². The lowest BCUT2D eigenvalue weighted by Crippen LogP contribution is -2.51. The van der Waals surface area contributed by atoms with Gasteiger partial charge in [-0.15, -0.1) is 0 Å². The molecule has 1 aliphatic heterocycles. The molecule has 1 N–H and O–H groups in total. The Kier molecular flexibility index (Phi) is 7.92. The van der Waals surface area contributed by atoms with Gasteiger partial charge < -0.3 is 14.8 Å². The second-order valence-corrected chi connectivity index (χ2v) is 7.93. The second-order valence-electron chi connectivity index (χ2n) is 7.49. The maximum absolute atomic E-state index is 12.3. The number of hydrogen-bond donors (Lipinski definition) is 1. The van der Waals surface area contributed by atoms with Crippen molar-refractivity contribution in [1.82, 2.24) is 10.2 Å². The Morgan fingerprint density at radius 3 is 2.59 bits per heavy atom. The minimum Gasteiger partial charge on any atom is -0.491 e. The van der Waals surface area contributed by atoms with E-state index in [-0.39, 0.29) is 11.5 Å². The van der Waals surface area contributed by atoms with Gasteiger partial charge in [-0.3, -0.25) is 9.69 Å². The first-order chi connectivity index (χ1) is 14.1. The zero-order chi connectivity index (χ0) is 20.5.